The van der Waals surface area contributed by atoms with Gasteiger partial charge in [-0.3, -0.25) is 19.5 Å². The normalized spacial score (nSPS) is 18.1. The highest BCUT2D eigenvalue weighted by Crippen LogP contribution is 2.53. The number of nitrogen functional groups attached to an aromatic ring is 1. The summed E-state index contributed by atoms with van der Waals surface area (Å²) >= 11 is 3.72. The van der Waals surface area contributed by atoms with Crippen LogP contribution < -0.4 is 16.4 Å². The van der Waals surface area contributed by atoms with E-state index in [1.807, 2.05) is 66.7 Å². The molecule has 18 heteroatoms. The van der Waals surface area contributed by atoms with Crippen LogP contribution in [0.4, 0.5) is 9.93 Å². The molecule has 1 saturated heterocycles. The summed E-state index contributed by atoms with van der Waals surface area (Å²) in [5.74, 6) is -2.44. The number of carbonyl (C=O) groups is 4. The van der Waals surface area contributed by atoms with Crippen LogP contribution in [-0.2, 0) is 29.7 Å². The minimum absolute atomic E-state index is 0.0650. The van der Waals surface area contributed by atoms with Crippen LogP contribution in [0.5, 0.6) is 0 Å². The molecule has 4 heterocycles. The van der Waals surface area contributed by atoms with Crippen LogP contribution in [-0.4, -0.2) is 91.0 Å². The van der Waals surface area contributed by atoms with Crippen molar-refractivity contribution in [3.8, 4) is 0 Å². The number of aliphatic carboxylic acids is 1. The quantitative estimate of drug-likeness (QED) is 0.0522. The van der Waals surface area contributed by atoms with Crippen molar-refractivity contribution < 1.29 is 33.9 Å². The van der Waals surface area contributed by atoms with Gasteiger partial charge in [-0.05, 0) is 50.5 Å². The van der Waals surface area contributed by atoms with Gasteiger partial charge in [0, 0.05) is 57.4 Å². The Hall–Kier alpha value is -5.46. The largest absolute Gasteiger partial charge is 0.477 e. The fourth-order valence-electron chi connectivity index (χ4n) is 6.75. The zero-order valence-corrected chi connectivity index (χ0v) is 34.0. The number of oxime groups is 1. The van der Waals surface area contributed by atoms with Gasteiger partial charge in [-0.15, -0.1) is 0 Å². The summed E-state index contributed by atoms with van der Waals surface area (Å²) in [6.45, 7) is 5.78. The molecule has 0 saturated carbocycles. The lowest BCUT2D eigenvalue weighted by atomic mass is 9.71. The maximum Gasteiger partial charge on any atom is 0.407 e. The third kappa shape index (κ3) is 9.75. The Morgan fingerprint density at radius 1 is 1.07 bits per heavy atom. The number of nitrogens with zero attached hydrogens (tertiary/aromatic N) is 5. The second-order valence-electron chi connectivity index (χ2n) is 14.0. The van der Waals surface area contributed by atoms with Crippen LogP contribution in [0.25, 0.3) is 0 Å². The number of nitrogens with two attached hydrogens (primary N) is 1. The third-order valence-corrected chi connectivity index (χ3v) is 11.8. The topological polar surface area (TPSA) is 211 Å². The van der Waals surface area contributed by atoms with E-state index in [4.69, 9.17) is 15.3 Å². The number of carbonyl (C=O) groups excluding carboxylic acids is 3. The van der Waals surface area contributed by atoms with Gasteiger partial charge in [-0.1, -0.05) is 77.6 Å². The van der Waals surface area contributed by atoms with Crippen LogP contribution in [0.1, 0.15) is 55.8 Å². The number of anilines is 1. The van der Waals surface area contributed by atoms with E-state index in [0.29, 0.717) is 29.4 Å². The highest BCUT2D eigenvalue weighted by molar-refractivity contribution is 8.03. The molecule has 15 nitrogen and oxygen atoms in total. The molecular weight excluding hydrogens is 789 g/mol. The van der Waals surface area contributed by atoms with Gasteiger partial charge >= 0.3 is 12.1 Å². The van der Waals surface area contributed by atoms with E-state index in [-0.39, 0.29) is 28.3 Å². The molecule has 6 rings (SSSR count). The van der Waals surface area contributed by atoms with Crippen molar-refractivity contribution in [1.82, 2.24) is 29.9 Å². The van der Waals surface area contributed by atoms with E-state index in [1.165, 1.54) is 23.8 Å². The van der Waals surface area contributed by atoms with E-state index in [2.05, 4.69) is 30.1 Å². The maximum absolute atomic E-state index is 14.0. The van der Waals surface area contributed by atoms with Crippen LogP contribution in [0.3, 0.4) is 0 Å². The Morgan fingerprint density at radius 2 is 1.75 bits per heavy atom. The predicted molar refractivity (Wildman–Crippen MR) is 218 cm³/mol. The number of rotatable bonds is 15. The van der Waals surface area contributed by atoms with Crippen LogP contribution >= 0.6 is 35.1 Å². The SMILES string of the molecule is CON=C(C(=O)N[C@@H]1C(=O)N2C(C(=O)O)=C(Sc3cccnc3CSCCNC(=O)OC(C)(C)C)C(C(c3ccccc3)c3ccccc3)C[C@H]12)c1nsc(N)n1. The molecule has 0 bridgehead atoms. The summed E-state index contributed by atoms with van der Waals surface area (Å²) in [5, 5.41) is 20.4. The lowest BCUT2D eigenvalue weighted by Gasteiger charge is -2.53. The molecule has 1 fully saturated rings. The summed E-state index contributed by atoms with van der Waals surface area (Å²) in [6.07, 6.45) is 1.49. The molecule has 2 aliphatic rings. The zero-order chi connectivity index (χ0) is 40.7. The van der Waals surface area contributed by atoms with Gasteiger partial charge in [0.1, 0.15) is 24.4 Å². The number of β-lactam (4-membered cyclic amide) rings is 1. The number of hydrogen-bond donors (Lipinski definition) is 4. The lowest BCUT2D eigenvalue weighted by molar-refractivity contribution is -0.156. The van der Waals surface area contributed by atoms with Crippen molar-refractivity contribution in [2.75, 3.05) is 25.1 Å². The summed E-state index contributed by atoms with van der Waals surface area (Å²) in [7, 11) is 1.26. The van der Waals surface area contributed by atoms with Crippen LogP contribution in [0, 0.1) is 5.92 Å². The smallest absolute Gasteiger partial charge is 0.407 e. The number of benzene rings is 2. The number of nitrogens with one attached hydrogen (secondary N) is 2. The Morgan fingerprint density at radius 3 is 2.35 bits per heavy atom. The zero-order valence-electron chi connectivity index (χ0n) is 31.6. The van der Waals surface area contributed by atoms with Crippen molar-refractivity contribution in [1.29, 1.82) is 0 Å². The lowest BCUT2D eigenvalue weighted by Crippen LogP contribution is -2.73. The average molecular weight is 831 g/mol. The van der Waals surface area contributed by atoms with Gasteiger partial charge in [0.15, 0.2) is 5.13 Å². The van der Waals surface area contributed by atoms with Crippen molar-refractivity contribution in [3.05, 3.63) is 112 Å². The van der Waals surface area contributed by atoms with Gasteiger partial charge in [-0.2, -0.15) is 21.1 Å². The molecule has 0 aliphatic carbocycles. The van der Waals surface area contributed by atoms with Gasteiger partial charge in [0.2, 0.25) is 11.5 Å². The number of thioether (sulfide) groups is 2. The number of carboxylic acid groups (broad SMARTS) is 1. The van der Waals surface area contributed by atoms with Crippen molar-refractivity contribution in [2.24, 2.45) is 11.1 Å². The Bertz CT molecular complexity index is 2120. The first-order valence-corrected chi connectivity index (χ1v) is 20.7. The number of carboxylic acids is 1. The summed E-state index contributed by atoms with van der Waals surface area (Å²) in [4.78, 5) is 69.3. The maximum atomic E-state index is 14.0. The van der Waals surface area contributed by atoms with Crippen molar-refractivity contribution in [3.63, 3.8) is 0 Å². The Kier molecular flexibility index (Phi) is 13.2. The van der Waals surface area contributed by atoms with Crippen molar-refractivity contribution >= 4 is 69.8 Å². The first kappa shape index (κ1) is 41.2. The molecule has 2 aliphatic heterocycles. The second-order valence-corrected chi connectivity index (χ2v) is 17.0. The highest BCUT2D eigenvalue weighted by atomic mass is 32.2. The molecule has 0 radical (unpaired) electrons. The number of hydrogen-bond acceptors (Lipinski definition) is 14. The van der Waals surface area contributed by atoms with E-state index in [0.717, 1.165) is 33.2 Å². The number of aromatic nitrogens is 3. The van der Waals surface area contributed by atoms with Gasteiger partial charge in [0.05, 0.1) is 11.7 Å². The summed E-state index contributed by atoms with van der Waals surface area (Å²) < 4.78 is 9.40. The molecule has 3 amide bonds. The Labute approximate surface area is 342 Å². The molecule has 4 aromatic rings. The van der Waals surface area contributed by atoms with Gasteiger partial charge < -0.3 is 31.0 Å². The molecule has 2 aromatic heterocycles. The minimum atomic E-state index is -1.28. The molecule has 5 N–H and O–H groups in total. The fraction of sp³-hybridized carbons (Fsp3) is 0.333. The second kappa shape index (κ2) is 18.2. The first-order valence-electron chi connectivity index (χ1n) is 17.9. The number of pyridine rings is 1. The average Bonchev–Trinajstić information content (AvgIpc) is 3.62. The number of fused-ring (bicyclic) bond motifs is 1. The molecule has 0 spiro atoms. The van der Waals surface area contributed by atoms with E-state index >= 15 is 0 Å². The van der Waals surface area contributed by atoms with E-state index < -0.39 is 47.5 Å². The van der Waals surface area contributed by atoms with Crippen molar-refractivity contribution in [2.45, 2.75) is 61.4 Å². The fourth-order valence-corrected chi connectivity index (χ4v) is 9.38. The minimum Gasteiger partial charge on any atom is -0.477 e. The standard InChI is InChI=1S/C39H42N8O7S3/c1-39(2,3)54-38(52)42-18-19-55-21-25-27(16-11-17-41-25)56-32-24(28(22-12-7-5-8-13-22)23-14-9-6-10-15-23)20-26-29(35(49)47(26)31(32)36(50)51)43-34(48)30(45-53-4)33-44-37(40)57-46-33/h5-17,24,26,28-29H,18-21H2,1-4H3,(H,42,52)(H,43,48)(H,50,51)(H2,40,44,46)/t24?,26-,29+/m1/s1. The third-order valence-electron chi connectivity index (χ3n) is 9.01. The number of ether oxygens (including phenoxy) is 1. The van der Waals surface area contributed by atoms with E-state index in [9.17, 15) is 24.3 Å². The van der Waals surface area contributed by atoms with E-state index in [1.54, 1.807) is 44.8 Å². The molecule has 2 aromatic carbocycles. The number of amides is 3. The van der Waals surface area contributed by atoms with Crippen LogP contribution in [0.15, 0.2) is 99.6 Å². The molecule has 3 atom stereocenters. The molecule has 298 valence electrons. The number of alkyl carbamates (subject to hydrolysis) is 1. The predicted octanol–water partition coefficient (Wildman–Crippen LogP) is 5.26. The van der Waals surface area contributed by atoms with Gasteiger partial charge in [-0.25, -0.2) is 9.59 Å². The summed E-state index contributed by atoms with van der Waals surface area (Å²) in [5.41, 5.74) is 7.35. The van der Waals surface area contributed by atoms with Gasteiger partial charge in [0.25, 0.3) is 11.8 Å². The summed E-state index contributed by atoms with van der Waals surface area (Å²) in [6, 6.07) is 21.5. The molecular formula is C39H42N8O7S3. The highest BCUT2D eigenvalue weighted by Gasteiger charge is 2.57. The Balaban J connectivity index is 1.35. The first-order chi connectivity index (χ1) is 27.4. The monoisotopic (exact) mass is 830 g/mol. The molecule has 57 heavy (non-hydrogen) atoms. The number of allylic oxidation sites excluding steroid dienone is 1. The van der Waals surface area contributed by atoms with Crippen LogP contribution in [0.2, 0.25) is 0 Å². The molecule has 1 unspecified atom stereocenters.